The second kappa shape index (κ2) is 7.68. The third-order valence-corrected chi connectivity index (χ3v) is 4.59. The van der Waals surface area contributed by atoms with E-state index in [2.05, 4.69) is 15.7 Å². The molecule has 0 bridgehead atoms. The number of anilines is 2. The van der Waals surface area contributed by atoms with Crippen LogP contribution in [0.5, 0.6) is 0 Å². The highest BCUT2D eigenvalue weighted by atomic mass is 35.5. The maximum atomic E-state index is 12.2. The number of aliphatic hydroxyl groups excluding tert-OH is 1. The minimum atomic E-state index is -0.166. The Hall–Kier alpha value is -2.05. The summed E-state index contributed by atoms with van der Waals surface area (Å²) in [5.74, 6) is 0.559. The first-order chi connectivity index (χ1) is 11.7. The predicted octanol–water partition coefficient (Wildman–Crippen LogP) is 3.19. The molecule has 0 unspecified atom stereocenters. The van der Waals surface area contributed by atoms with Crippen molar-refractivity contribution in [3.63, 3.8) is 0 Å². The molecule has 1 aromatic carbocycles. The van der Waals surface area contributed by atoms with Gasteiger partial charge in [0.05, 0.1) is 36.1 Å². The number of aromatic nitrogens is 2. The number of aliphatic hydroxyl groups is 1. The van der Waals surface area contributed by atoms with Crippen molar-refractivity contribution in [1.82, 2.24) is 9.78 Å². The lowest BCUT2D eigenvalue weighted by Crippen LogP contribution is -2.24. The number of carbonyl (C=O) groups excluding carboxylic acids is 1. The standard InChI is InChI=1S/C17H21ClN4O2/c18-14-6-5-12(11-23)9-15(14)19-10-17(24)21-16-7-8-20-22(16)13-3-1-2-4-13/h5-9,13,19,23H,1-4,10-11H2,(H,21,24). The maximum Gasteiger partial charge on any atom is 0.244 e. The van der Waals surface area contributed by atoms with Crippen LogP contribution in [-0.2, 0) is 11.4 Å². The molecular formula is C17H21ClN4O2. The molecule has 1 aromatic heterocycles. The Bertz CT molecular complexity index is 710. The number of hydrogen-bond acceptors (Lipinski definition) is 4. The first-order valence-corrected chi connectivity index (χ1v) is 8.51. The first-order valence-electron chi connectivity index (χ1n) is 8.14. The van der Waals surface area contributed by atoms with Gasteiger partial charge in [-0.3, -0.25) is 4.79 Å². The number of hydrogen-bond donors (Lipinski definition) is 3. The maximum absolute atomic E-state index is 12.2. The molecule has 6 nitrogen and oxygen atoms in total. The molecule has 1 fully saturated rings. The van der Waals surface area contributed by atoms with Gasteiger partial charge in [0.1, 0.15) is 5.82 Å². The minimum Gasteiger partial charge on any atom is -0.392 e. The molecule has 0 atom stereocenters. The SMILES string of the molecule is O=C(CNc1cc(CO)ccc1Cl)Nc1ccnn1C1CCCC1. The number of nitrogens with one attached hydrogen (secondary N) is 2. The normalized spacial score (nSPS) is 14.8. The fraction of sp³-hybridized carbons (Fsp3) is 0.412. The summed E-state index contributed by atoms with van der Waals surface area (Å²) in [6.07, 6.45) is 6.33. The summed E-state index contributed by atoms with van der Waals surface area (Å²) in [6, 6.07) is 7.36. The van der Waals surface area contributed by atoms with Crippen LogP contribution in [0.25, 0.3) is 0 Å². The topological polar surface area (TPSA) is 79.2 Å². The number of rotatable bonds is 6. The summed E-state index contributed by atoms with van der Waals surface area (Å²) in [6.45, 7) is 0.0169. The molecule has 24 heavy (non-hydrogen) atoms. The first kappa shape index (κ1) is 16.8. The minimum absolute atomic E-state index is 0.0708. The van der Waals surface area contributed by atoms with E-state index >= 15 is 0 Å². The van der Waals surface area contributed by atoms with Crippen LogP contribution in [0.1, 0.15) is 37.3 Å². The summed E-state index contributed by atoms with van der Waals surface area (Å²) >= 11 is 6.10. The molecule has 128 valence electrons. The van der Waals surface area contributed by atoms with Gasteiger partial charge in [-0.1, -0.05) is 30.5 Å². The van der Waals surface area contributed by atoms with Gasteiger partial charge in [-0.15, -0.1) is 0 Å². The monoisotopic (exact) mass is 348 g/mol. The Morgan fingerprint density at radius 1 is 1.33 bits per heavy atom. The Morgan fingerprint density at radius 3 is 2.88 bits per heavy atom. The van der Waals surface area contributed by atoms with E-state index in [0.717, 1.165) is 24.2 Å². The molecule has 1 aliphatic carbocycles. The van der Waals surface area contributed by atoms with Crippen LogP contribution in [0.3, 0.4) is 0 Å². The Kier molecular flexibility index (Phi) is 5.37. The van der Waals surface area contributed by atoms with E-state index in [9.17, 15) is 9.90 Å². The summed E-state index contributed by atoms with van der Waals surface area (Å²) < 4.78 is 1.91. The third kappa shape index (κ3) is 3.88. The van der Waals surface area contributed by atoms with Crippen molar-refractivity contribution in [3.05, 3.63) is 41.0 Å². The highest BCUT2D eigenvalue weighted by Gasteiger charge is 2.20. The highest BCUT2D eigenvalue weighted by molar-refractivity contribution is 6.33. The molecule has 1 saturated carbocycles. The third-order valence-electron chi connectivity index (χ3n) is 4.26. The molecular weight excluding hydrogens is 328 g/mol. The van der Waals surface area contributed by atoms with Crippen LogP contribution >= 0.6 is 11.6 Å². The lowest BCUT2D eigenvalue weighted by molar-refractivity contribution is -0.114. The second-order valence-electron chi connectivity index (χ2n) is 5.97. The number of halogens is 1. The fourth-order valence-corrected chi connectivity index (χ4v) is 3.21. The van der Waals surface area contributed by atoms with Crippen LogP contribution in [0, 0.1) is 0 Å². The quantitative estimate of drug-likeness (QED) is 0.749. The Morgan fingerprint density at radius 2 is 2.12 bits per heavy atom. The molecule has 3 N–H and O–H groups in total. The summed E-state index contributed by atoms with van der Waals surface area (Å²) in [5, 5.41) is 19.9. The van der Waals surface area contributed by atoms with Crippen molar-refractivity contribution in [1.29, 1.82) is 0 Å². The van der Waals surface area contributed by atoms with Crippen molar-refractivity contribution in [2.24, 2.45) is 0 Å². The average molecular weight is 349 g/mol. The van der Waals surface area contributed by atoms with E-state index in [-0.39, 0.29) is 19.1 Å². The highest BCUT2D eigenvalue weighted by Crippen LogP contribution is 2.31. The average Bonchev–Trinajstić information content (AvgIpc) is 3.25. The molecule has 0 radical (unpaired) electrons. The molecule has 3 rings (SSSR count). The van der Waals surface area contributed by atoms with Crippen molar-refractivity contribution < 1.29 is 9.90 Å². The van der Waals surface area contributed by atoms with E-state index in [1.807, 2.05) is 10.7 Å². The van der Waals surface area contributed by atoms with Gasteiger partial charge in [0.25, 0.3) is 0 Å². The van der Waals surface area contributed by atoms with E-state index < -0.39 is 0 Å². The summed E-state index contributed by atoms with van der Waals surface area (Å²) in [7, 11) is 0. The summed E-state index contributed by atoms with van der Waals surface area (Å²) in [5.41, 5.74) is 1.37. The van der Waals surface area contributed by atoms with Crippen LogP contribution < -0.4 is 10.6 Å². The van der Waals surface area contributed by atoms with Crippen LogP contribution in [0.4, 0.5) is 11.5 Å². The van der Waals surface area contributed by atoms with Crippen LogP contribution in [0.15, 0.2) is 30.5 Å². The zero-order valence-electron chi connectivity index (χ0n) is 13.3. The Labute approximate surface area is 145 Å². The van der Waals surface area contributed by atoms with Crippen molar-refractivity contribution in [2.45, 2.75) is 38.3 Å². The fourth-order valence-electron chi connectivity index (χ4n) is 3.02. The second-order valence-corrected chi connectivity index (χ2v) is 6.38. The molecule has 1 aliphatic rings. The van der Waals surface area contributed by atoms with E-state index in [4.69, 9.17) is 11.6 Å². The van der Waals surface area contributed by atoms with Gasteiger partial charge >= 0.3 is 0 Å². The van der Waals surface area contributed by atoms with Gasteiger partial charge in [0.2, 0.25) is 5.91 Å². The molecule has 2 aromatic rings. The van der Waals surface area contributed by atoms with E-state index in [1.54, 1.807) is 24.4 Å². The van der Waals surface area contributed by atoms with Crippen molar-refractivity contribution in [3.8, 4) is 0 Å². The number of benzene rings is 1. The van der Waals surface area contributed by atoms with Crippen molar-refractivity contribution >= 4 is 29.0 Å². The lowest BCUT2D eigenvalue weighted by Gasteiger charge is -2.15. The molecule has 1 heterocycles. The van der Waals surface area contributed by atoms with Crippen LogP contribution in [-0.4, -0.2) is 27.3 Å². The van der Waals surface area contributed by atoms with Gasteiger partial charge < -0.3 is 15.7 Å². The Balaban J connectivity index is 1.59. The molecule has 1 amide bonds. The van der Waals surface area contributed by atoms with Gasteiger partial charge in [-0.05, 0) is 30.5 Å². The van der Waals surface area contributed by atoms with Gasteiger partial charge in [0.15, 0.2) is 0 Å². The molecule has 0 spiro atoms. The van der Waals surface area contributed by atoms with E-state index in [1.165, 1.54) is 12.8 Å². The predicted molar refractivity (Wildman–Crippen MR) is 94.2 cm³/mol. The van der Waals surface area contributed by atoms with Gasteiger partial charge in [-0.2, -0.15) is 5.10 Å². The van der Waals surface area contributed by atoms with Crippen LogP contribution in [0.2, 0.25) is 5.02 Å². The number of amides is 1. The molecule has 0 aliphatic heterocycles. The van der Waals surface area contributed by atoms with Crippen molar-refractivity contribution in [2.75, 3.05) is 17.2 Å². The molecule has 7 heteroatoms. The lowest BCUT2D eigenvalue weighted by atomic mass is 10.2. The van der Waals surface area contributed by atoms with Gasteiger partial charge in [-0.25, -0.2) is 4.68 Å². The zero-order valence-corrected chi connectivity index (χ0v) is 14.1. The largest absolute Gasteiger partial charge is 0.392 e. The molecule has 0 saturated heterocycles. The van der Waals surface area contributed by atoms with Gasteiger partial charge in [0, 0.05) is 6.07 Å². The smallest absolute Gasteiger partial charge is 0.244 e. The zero-order chi connectivity index (χ0) is 16.9. The summed E-state index contributed by atoms with van der Waals surface area (Å²) in [4.78, 5) is 12.2. The number of nitrogens with zero attached hydrogens (tertiary/aromatic N) is 2. The van der Waals surface area contributed by atoms with E-state index in [0.29, 0.717) is 16.8 Å². The number of carbonyl (C=O) groups is 1.